The Morgan fingerprint density at radius 2 is 1.67 bits per heavy atom. The third-order valence-corrected chi connectivity index (χ3v) is 3.92. The highest BCUT2D eigenvalue weighted by molar-refractivity contribution is 5.89. The van der Waals surface area contributed by atoms with Crippen LogP contribution in [0.5, 0.6) is 5.75 Å². The second kappa shape index (κ2) is 9.33. The first-order valence-electron chi connectivity index (χ1n) is 8.90. The topological polar surface area (TPSA) is 67.4 Å². The lowest BCUT2D eigenvalue weighted by molar-refractivity contribution is -0.116. The number of nitrogens with one attached hydrogen (secondary N) is 1. The van der Waals surface area contributed by atoms with Crippen molar-refractivity contribution in [2.45, 2.75) is 13.3 Å². The van der Waals surface area contributed by atoms with E-state index in [1.807, 2.05) is 71.6 Å². The largest absolute Gasteiger partial charge is 0.493 e. The van der Waals surface area contributed by atoms with Crippen molar-refractivity contribution >= 4 is 23.2 Å². The number of rotatable bonds is 8. The fourth-order valence-corrected chi connectivity index (χ4v) is 2.60. The van der Waals surface area contributed by atoms with Gasteiger partial charge in [0, 0.05) is 12.2 Å². The number of para-hydroxylation sites is 2. The summed E-state index contributed by atoms with van der Waals surface area (Å²) in [5.74, 6) is 1.74. The number of aromatic nitrogens is 2. The van der Waals surface area contributed by atoms with Crippen LogP contribution >= 0.6 is 0 Å². The van der Waals surface area contributed by atoms with Gasteiger partial charge in [0.1, 0.15) is 5.75 Å². The molecule has 0 atom stereocenters. The molecule has 0 saturated heterocycles. The van der Waals surface area contributed by atoms with Crippen molar-refractivity contribution < 1.29 is 9.53 Å². The number of carbonyl (C=O) groups excluding carboxylic acids is 1. The van der Waals surface area contributed by atoms with Crippen molar-refractivity contribution in [2.75, 3.05) is 23.4 Å². The highest BCUT2D eigenvalue weighted by atomic mass is 16.5. The molecule has 2 aromatic carbocycles. The van der Waals surface area contributed by atoms with Gasteiger partial charge in [-0.1, -0.05) is 36.4 Å². The zero-order chi connectivity index (χ0) is 18.9. The average Bonchev–Trinajstić information content (AvgIpc) is 2.71. The predicted molar refractivity (Wildman–Crippen MR) is 106 cm³/mol. The first kappa shape index (κ1) is 18.4. The zero-order valence-electron chi connectivity index (χ0n) is 15.2. The maximum atomic E-state index is 12.0. The number of nitrogens with zero attached hydrogens (tertiary/aromatic N) is 3. The Hall–Kier alpha value is -3.41. The Labute approximate surface area is 158 Å². The van der Waals surface area contributed by atoms with Crippen LogP contribution in [0.2, 0.25) is 0 Å². The molecule has 1 aromatic heterocycles. The Morgan fingerprint density at radius 1 is 0.963 bits per heavy atom. The Kier molecular flexibility index (Phi) is 6.35. The molecule has 0 aliphatic carbocycles. The lowest BCUT2D eigenvalue weighted by atomic mass is 10.3. The molecule has 1 N–H and O–H groups in total. The van der Waals surface area contributed by atoms with Gasteiger partial charge in [0.15, 0.2) is 11.6 Å². The summed E-state index contributed by atoms with van der Waals surface area (Å²) in [5, 5.41) is 11.1. The van der Waals surface area contributed by atoms with Gasteiger partial charge in [-0.15, -0.1) is 10.2 Å². The summed E-state index contributed by atoms with van der Waals surface area (Å²) in [6.07, 6.45) is 0.240. The van der Waals surface area contributed by atoms with E-state index in [-0.39, 0.29) is 12.3 Å². The Morgan fingerprint density at radius 3 is 2.30 bits per heavy atom. The molecule has 0 spiro atoms. The standard InChI is InChI=1S/C21H22N4O2/c1-2-25(17-9-5-3-6-10-17)20-14-13-19(23-24-20)22-21(26)15-16-27-18-11-7-4-8-12-18/h3-14H,2,15-16H2,1H3,(H,22,23,26). The Balaban J connectivity index is 1.53. The molecule has 0 fully saturated rings. The smallest absolute Gasteiger partial charge is 0.229 e. The van der Waals surface area contributed by atoms with Gasteiger partial charge in [-0.3, -0.25) is 4.79 Å². The van der Waals surface area contributed by atoms with Gasteiger partial charge in [0.05, 0.1) is 13.0 Å². The maximum absolute atomic E-state index is 12.0. The molecular weight excluding hydrogens is 340 g/mol. The zero-order valence-corrected chi connectivity index (χ0v) is 15.2. The quantitative estimate of drug-likeness (QED) is 0.655. The number of benzene rings is 2. The van der Waals surface area contributed by atoms with Gasteiger partial charge >= 0.3 is 0 Å². The first-order chi connectivity index (χ1) is 13.3. The molecule has 0 unspecified atom stereocenters. The lowest BCUT2D eigenvalue weighted by Crippen LogP contribution is -2.19. The van der Waals surface area contributed by atoms with E-state index in [0.29, 0.717) is 12.4 Å². The first-order valence-corrected chi connectivity index (χ1v) is 8.90. The number of carbonyl (C=O) groups is 1. The fourth-order valence-electron chi connectivity index (χ4n) is 2.60. The van der Waals surface area contributed by atoms with Gasteiger partial charge in [0.2, 0.25) is 5.91 Å². The number of hydrogen-bond acceptors (Lipinski definition) is 5. The number of anilines is 3. The highest BCUT2D eigenvalue weighted by Gasteiger charge is 2.10. The molecule has 27 heavy (non-hydrogen) atoms. The predicted octanol–water partition coefficient (Wildman–Crippen LogP) is 4.04. The second-order valence-electron chi connectivity index (χ2n) is 5.82. The normalized spacial score (nSPS) is 10.3. The molecule has 6 nitrogen and oxygen atoms in total. The molecule has 0 saturated carbocycles. The van der Waals surface area contributed by atoms with Crippen molar-refractivity contribution in [3.05, 3.63) is 72.8 Å². The van der Waals surface area contributed by atoms with E-state index < -0.39 is 0 Å². The molecule has 0 aliphatic heterocycles. The van der Waals surface area contributed by atoms with E-state index in [1.165, 1.54) is 0 Å². The molecular formula is C21H22N4O2. The summed E-state index contributed by atoms with van der Waals surface area (Å²) in [5.41, 5.74) is 1.05. The van der Waals surface area contributed by atoms with E-state index in [1.54, 1.807) is 6.07 Å². The molecule has 138 valence electrons. The highest BCUT2D eigenvalue weighted by Crippen LogP contribution is 2.22. The molecule has 0 aliphatic rings. The van der Waals surface area contributed by atoms with E-state index in [2.05, 4.69) is 22.4 Å². The van der Waals surface area contributed by atoms with Crippen LogP contribution in [-0.4, -0.2) is 29.3 Å². The molecule has 0 bridgehead atoms. The summed E-state index contributed by atoms with van der Waals surface area (Å²) in [6.45, 7) is 3.12. The summed E-state index contributed by atoms with van der Waals surface area (Å²) in [4.78, 5) is 14.1. The van der Waals surface area contributed by atoms with Crippen LogP contribution in [0.25, 0.3) is 0 Å². The van der Waals surface area contributed by atoms with Crippen LogP contribution in [0.3, 0.4) is 0 Å². The van der Waals surface area contributed by atoms with Crippen LogP contribution < -0.4 is 15.0 Å². The van der Waals surface area contributed by atoms with E-state index >= 15 is 0 Å². The van der Waals surface area contributed by atoms with Gasteiger partial charge in [-0.2, -0.15) is 0 Å². The van der Waals surface area contributed by atoms with Gasteiger partial charge in [0.25, 0.3) is 0 Å². The fraction of sp³-hybridized carbons (Fsp3) is 0.190. The summed E-state index contributed by atoms with van der Waals surface area (Å²) < 4.78 is 5.52. The van der Waals surface area contributed by atoms with Gasteiger partial charge in [-0.05, 0) is 43.3 Å². The van der Waals surface area contributed by atoms with Gasteiger partial charge < -0.3 is 15.0 Å². The molecule has 3 aromatic rings. The minimum absolute atomic E-state index is 0.164. The summed E-state index contributed by atoms with van der Waals surface area (Å²) >= 11 is 0. The lowest BCUT2D eigenvalue weighted by Gasteiger charge is -2.21. The Bertz CT molecular complexity index is 839. The third kappa shape index (κ3) is 5.28. The van der Waals surface area contributed by atoms with Crippen LogP contribution in [-0.2, 0) is 4.79 Å². The average molecular weight is 362 g/mol. The third-order valence-electron chi connectivity index (χ3n) is 3.92. The van der Waals surface area contributed by atoms with Crippen LogP contribution in [0.15, 0.2) is 72.8 Å². The van der Waals surface area contributed by atoms with Crippen LogP contribution in [0.1, 0.15) is 13.3 Å². The van der Waals surface area contributed by atoms with E-state index in [4.69, 9.17) is 4.74 Å². The van der Waals surface area contributed by atoms with Crippen molar-refractivity contribution in [3.8, 4) is 5.75 Å². The van der Waals surface area contributed by atoms with Crippen molar-refractivity contribution in [1.82, 2.24) is 10.2 Å². The van der Waals surface area contributed by atoms with E-state index in [9.17, 15) is 4.79 Å². The monoisotopic (exact) mass is 362 g/mol. The number of hydrogen-bond donors (Lipinski definition) is 1. The second-order valence-corrected chi connectivity index (χ2v) is 5.82. The number of amides is 1. The SMILES string of the molecule is CCN(c1ccccc1)c1ccc(NC(=O)CCOc2ccccc2)nn1. The molecule has 0 radical (unpaired) electrons. The molecule has 1 heterocycles. The molecule has 6 heteroatoms. The maximum Gasteiger partial charge on any atom is 0.229 e. The van der Waals surface area contributed by atoms with Crippen LogP contribution in [0, 0.1) is 0 Å². The van der Waals surface area contributed by atoms with Crippen LogP contribution in [0.4, 0.5) is 17.3 Å². The van der Waals surface area contributed by atoms with Gasteiger partial charge in [-0.25, -0.2) is 0 Å². The minimum atomic E-state index is -0.164. The molecule has 1 amide bonds. The van der Waals surface area contributed by atoms with Crippen molar-refractivity contribution in [3.63, 3.8) is 0 Å². The number of ether oxygens (including phenoxy) is 1. The minimum Gasteiger partial charge on any atom is -0.493 e. The summed E-state index contributed by atoms with van der Waals surface area (Å²) in [7, 11) is 0. The van der Waals surface area contributed by atoms with Crippen molar-refractivity contribution in [2.24, 2.45) is 0 Å². The van der Waals surface area contributed by atoms with E-state index in [0.717, 1.165) is 23.8 Å². The summed E-state index contributed by atoms with van der Waals surface area (Å²) in [6, 6.07) is 23.0. The molecule has 3 rings (SSSR count). The van der Waals surface area contributed by atoms with Crippen molar-refractivity contribution in [1.29, 1.82) is 0 Å².